The van der Waals surface area contributed by atoms with E-state index in [0.29, 0.717) is 31.9 Å². The van der Waals surface area contributed by atoms with Gasteiger partial charge in [-0.25, -0.2) is 8.78 Å². The lowest BCUT2D eigenvalue weighted by Gasteiger charge is -2.31. The number of rotatable bonds is 4. The normalized spacial score (nSPS) is 19.2. The molecule has 2 aromatic carbocycles. The van der Waals surface area contributed by atoms with Crippen molar-refractivity contribution in [1.82, 2.24) is 9.80 Å². The van der Waals surface area contributed by atoms with E-state index in [-0.39, 0.29) is 22.3 Å². The molecule has 8 heteroatoms. The summed E-state index contributed by atoms with van der Waals surface area (Å²) in [6.07, 6.45) is 0. The first-order valence-corrected chi connectivity index (χ1v) is 10.2. The quantitative estimate of drug-likeness (QED) is 0.642. The van der Waals surface area contributed by atoms with E-state index < -0.39 is 29.0 Å². The van der Waals surface area contributed by atoms with Crippen LogP contribution in [0.5, 0.6) is 0 Å². The van der Waals surface area contributed by atoms with Crippen LogP contribution in [0.2, 0.25) is 0 Å². The minimum Gasteiger partial charge on any atom is -0.450 e. The van der Waals surface area contributed by atoms with Gasteiger partial charge in [-0.3, -0.25) is 14.5 Å². The number of hydrogen-bond donors (Lipinski definition) is 0. The molecule has 0 spiro atoms. The van der Waals surface area contributed by atoms with Crippen molar-refractivity contribution < 1.29 is 22.7 Å². The Morgan fingerprint density at radius 1 is 0.968 bits per heavy atom. The zero-order chi connectivity index (χ0) is 21.5. The first-order chi connectivity index (χ1) is 15.0. The molecule has 1 aromatic heterocycles. The van der Waals surface area contributed by atoms with Crippen LogP contribution >= 0.6 is 0 Å². The van der Waals surface area contributed by atoms with Crippen LogP contribution in [0.1, 0.15) is 27.7 Å². The molecule has 1 saturated heterocycles. The fraction of sp³-hybridized carbons (Fsp3) is 0.304. The molecule has 3 heterocycles. The molecule has 0 N–H and O–H groups in total. The van der Waals surface area contributed by atoms with E-state index in [0.717, 1.165) is 19.2 Å². The number of fused-ring (bicyclic) bond motifs is 2. The zero-order valence-corrected chi connectivity index (χ0v) is 16.6. The van der Waals surface area contributed by atoms with E-state index in [1.54, 1.807) is 6.07 Å². The highest BCUT2D eigenvalue weighted by molar-refractivity contribution is 5.99. The third kappa shape index (κ3) is 3.51. The molecule has 1 unspecified atom stereocenters. The number of carbonyl (C=O) groups is 1. The summed E-state index contributed by atoms with van der Waals surface area (Å²) in [6, 6.07) is 8.64. The first kappa shape index (κ1) is 19.8. The predicted octanol–water partition coefficient (Wildman–Crippen LogP) is 2.95. The summed E-state index contributed by atoms with van der Waals surface area (Å²) in [4.78, 5) is 30.3. The second kappa shape index (κ2) is 7.86. The molecule has 5 rings (SSSR count). The van der Waals surface area contributed by atoms with E-state index in [2.05, 4.69) is 4.90 Å². The fourth-order valence-electron chi connectivity index (χ4n) is 4.32. The van der Waals surface area contributed by atoms with Gasteiger partial charge in [-0.2, -0.15) is 0 Å². The molecule has 0 aliphatic carbocycles. The summed E-state index contributed by atoms with van der Waals surface area (Å²) >= 11 is 0. The molecule has 1 fully saturated rings. The Morgan fingerprint density at radius 3 is 2.52 bits per heavy atom. The maximum absolute atomic E-state index is 14.0. The smallest absolute Gasteiger partial charge is 0.290 e. The molecule has 31 heavy (non-hydrogen) atoms. The Balaban J connectivity index is 1.61. The number of nitrogens with zero attached hydrogens (tertiary/aromatic N) is 2. The summed E-state index contributed by atoms with van der Waals surface area (Å²) in [7, 11) is 0. The van der Waals surface area contributed by atoms with E-state index >= 15 is 0 Å². The highest BCUT2D eigenvalue weighted by atomic mass is 19.1. The van der Waals surface area contributed by atoms with Crippen molar-refractivity contribution in [2.75, 3.05) is 39.4 Å². The molecule has 160 valence electrons. The van der Waals surface area contributed by atoms with Crippen LogP contribution in [0.15, 0.2) is 51.7 Å². The second-order valence-corrected chi connectivity index (χ2v) is 7.72. The van der Waals surface area contributed by atoms with Crippen molar-refractivity contribution in [3.63, 3.8) is 0 Å². The van der Waals surface area contributed by atoms with Gasteiger partial charge in [-0.15, -0.1) is 0 Å². The van der Waals surface area contributed by atoms with Gasteiger partial charge >= 0.3 is 0 Å². The minimum absolute atomic E-state index is 0.0583. The lowest BCUT2D eigenvalue weighted by molar-refractivity contribution is 0.0314. The first-order valence-electron chi connectivity index (χ1n) is 10.2. The molecular formula is C23H20F2N2O4. The van der Waals surface area contributed by atoms with E-state index in [4.69, 9.17) is 9.15 Å². The third-order valence-corrected chi connectivity index (χ3v) is 5.85. The summed E-state index contributed by atoms with van der Waals surface area (Å²) in [5, 5.41) is 0.0583. The van der Waals surface area contributed by atoms with Crippen molar-refractivity contribution in [3.8, 4) is 0 Å². The molecule has 1 amide bonds. The van der Waals surface area contributed by atoms with Gasteiger partial charge in [0.25, 0.3) is 5.91 Å². The zero-order valence-electron chi connectivity index (χ0n) is 16.6. The third-order valence-electron chi connectivity index (χ3n) is 5.85. The maximum atomic E-state index is 14.0. The van der Waals surface area contributed by atoms with Gasteiger partial charge in [0.2, 0.25) is 5.76 Å². The lowest BCUT2D eigenvalue weighted by atomic mass is 9.98. The Hall–Kier alpha value is -3.10. The standard InChI is InChI=1S/C23H20F2N2O4/c24-15-3-1-2-14(12-15)20-19-21(28)17-13-16(25)4-5-18(17)31-22(19)23(29)27(20)7-6-26-8-10-30-11-9-26/h1-5,12-13,20H,6-11H2. The average Bonchev–Trinajstić information content (AvgIpc) is 3.05. The summed E-state index contributed by atoms with van der Waals surface area (Å²) in [5.41, 5.74) is 0.256. The highest BCUT2D eigenvalue weighted by Crippen LogP contribution is 2.38. The SMILES string of the molecule is O=C1c2oc3ccc(F)cc3c(=O)c2C(c2cccc(F)c2)N1CCN1CCOCC1. The van der Waals surface area contributed by atoms with Crippen molar-refractivity contribution in [2.24, 2.45) is 0 Å². The summed E-state index contributed by atoms with van der Waals surface area (Å²) < 4.78 is 39.0. The number of carbonyl (C=O) groups excluding carboxylic acids is 1. The van der Waals surface area contributed by atoms with Gasteiger partial charge in [-0.05, 0) is 35.9 Å². The molecular weight excluding hydrogens is 406 g/mol. The Labute approximate surface area is 176 Å². The topological polar surface area (TPSA) is 63.0 Å². The summed E-state index contributed by atoms with van der Waals surface area (Å²) in [5.74, 6) is -1.54. The largest absolute Gasteiger partial charge is 0.450 e. The van der Waals surface area contributed by atoms with Gasteiger partial charge < -0.3 is 14.1 Å². The molecule has 6 nitrogen and oxygen atoms in total. The molecule has 3 aromatic rings. The van der Waals surface area contributed by atoms with Crippen LogP contribution in [0.3, 0.4) is 0 Å². The van der Waals surface area contributed by atoms with Crippen molar-refractivity contribution in [2.45, 2.75) is 6.04 Å². The van der Waals surface area contributed by atoms with Crippen LogP contribution in [-0.2, 0) is 4.74 Å². The lowest BCUT2D eigenvalue weighted by Crippen LogP contribution is -2.42. The number of benzene rings is 2. The molecule has 0 saturated carbocycles. The van der Waals surface area contributed by atoms with Gasteiger partial charge in [0, 0.05) is 26.2 Å². The van der Waals surface area contributed by atoms with Gasteiger partial charge in [0.05, 0.1) is 30.2 Å². The Morgan fingerprint density at radius 2 is 1.74 bits per heavy atom. The van der Waals surface area contributed by atoms with Gasteiger partial charge in [0.15, 0.2) is 5.43 Å². The monoisotopic (exact) mass is 426 g/mol. The second-order valence-electron chi connectivity index (χ2n) is 7.72. The van der Waals surface area contributed by atoms with E-state index in [1.165, 1.54) is 35.2 Å². The van der Waals surface area contributed by atoms with Crippen LogP contribution in [-0.4, -0.2) is 55.1 Å². The number of hydrogen-bond acceptors (Lipinski definition) is 5. The molecule has 2 aliphatic heterocycles. The van der Waals surface area contributed by atoms with Crippen molar-refractivity contribution >= 4 is 16.9 Å². The molecule has 1 atom stereocenters. The molecule has 0 bridgehead atoms. The van der Waals surface area contributed by atoms with Crippen molar-refractivity contribution in [3.05, 3.63) is 81.2 Å². The maximum Gasteiger partial charge on any atom is 0.290 e. The van der Waals surface area contributed by atoms with Crippen LogP contribution < -0.4 is 5.43 Å². The number of amides is 1. The fourth-order valence-corrected chi connectivity index (χ4v) is 4.32. The highest BCUT2D eigenvalue weighted by Gasteiger charge is 2.42. The summed E-state index contributed by atoms with van der Waals surface area (Å²) in [6.45, 7) is 3.66. The van der Waals surface area contributed by atoms with Gasteiger partial charge in [0.1, 0.15) is 17.2 Å². The van der Waals surface area contributed by atoms with Gasteiger partial charge in [-0.1, -0.05) is 12.1 Å². The Bertz CT molecular complexity index is 1220. The van der Waals surface area contributed by atoms with Crippen LogP contribution in [0.25, 0.3) is 11.0 Å². The predicted molar refractivity (Wildman–Crippen MR) is 109 cm³/mol. The van der Waals surface area contributed by atoms with Crippen molar-refractivity contribution in [1.29, 1.82) is 0 Å². The average molecular weight is 426 g/mol. The number of ether oxygens (including phenoxy) is 1. The van der Waals surface area contributed by atoms with E-state index in [9.17, 15) is 18.4 Å². The van der Waals surface area contributed by atoms with Crippen LogP contribution in [0, 0.1) is 11.6 Å². The number of halogens is 2. The van der Waals surface area contributed by atoms with E-state index in [1.807, 2.05) is 0 Å². The van der Waals surface area contributed by atoms with Crippen LogP contribution in [0.4, 0.5) is 8.78 Å². The molecule has 2 aliphatic rings. The Kier molecular flexibility index (Phi) is 5.03. The molecule has 0 radical (unpaired) electrons. The number of morpholine rings is 1. The minimum atomic E-state index is -0.803.